The first kappa shape index (κ1) is 19.9. The van der Waals surface area contributed by atoms with Crippen molar-refractivity contribution in [2.75, 3.05) is 31.1 Å². The molecule has 2 aliphatic rings. The summed E-state index contributed by atoms with van der Waals surface area (Å²) in [4.78, 5) is 7.76. The van der Waals surface area contributed by atoms with Gasteiger partial charge in [0.15, 0.2) is 0 Å². The van der Waals surface area contributed by atoms with Gasteiger partial charge >= 0.3 is 0 Å². The van der Waals surface area contributed by atoms with E-state index in [1.54, 1.807) is 0 Å². The van der Waals surface area contributed by atoms with Gasteiger partial charge in [0.05, 0.1) is 11.4 Å². The molecule has 1 saturated heterocycles. The van der Waals surface area contributed by atoms with Gasteiger partial charge in [-0.1, -0.05) is 49.3 Å². The number of fused-ring (bicyclic) bond motifs is 2. The molecule has 0 bridgehead atoms. The molecular formula is C21H26Cl2N2S. The summed E-state index contributed by atoms with van der Waals surface area (Å²) in [7, 11) is 0. The molecule has 1 atom stereocenters. The summed E-state index contributed by atoms with van der Waals surface area (Å²) in [6, 6.07) is 15.1. The summed E-state index contributed by atoms with van der Waals surface area (Å²) in [5, 5.41) is 0.816. The molecule has 0 amide bonds. The van der Waals surface area contributed by atoms with E-state index in [1.165, 1.54) is 47.1 Å². The fourth-order valence-electron chi connectivity index (χ4n) is 4.14. The van der Waals surface area contributed by atoms with Crippen LogP contribution < -0.4 is 4.90 Å². The Balaban J connectivity index is 0.00000196. The molecule has 26 heavy (non-hydrogen) atoms. The van der Waals surface area contributed by atoms with Crippen molar-refractivity contribution in [3.8, 4) is 0 Å². The molecule has 4 rings (SSSR count). The Kier molecular flexibility index (Phi) is 6.13. The summed E-state index contributed by atoms with van der Waals surface area (Å²) in [5.41, 5.74) is 2.94. The first-order chi connectivity index (χ1) is 12.1. The number of halogens is 2. The lowest BCUT2D eigenvalue weighted by atomic mass is 9.83. The number of benzene rings is 2. The zero-order valence-electron chi connectivity index (χ0n) is 15.4. The molecule has 2 aliphatic heterocycles. The van der Waals surface area contributed by atoms with Crippen molar-refractivity contribution >= 4 is 47.1 Å². The third-order valence-corrected chi connectivity index (χ3v) is 7.16. The van der Waals surface area contributed by atoms with Crippen LogP contribution in [-0.2, 0) is 0 Å². The number of likely N-dealkylation sites (tertiary alicyclic amines) is 1. The van der Waals surface area contributed by atoms with Gasteiger partial charge in [-0.25, -0.2) is 0 Å². The van der Waals surface area contributed by atoms with Crippen LogP contribution in [0.4, 0.5) is 11.4 Å². The van der Waals surface area contributed by atoms with Crippen LogP contribution in [0.2, 0.25) is 5.02 Å². The van der Waals surface area contributed by atoms with Gasteiger partial charge in [-0.05, 0) is 56.3 Å². The molecule has 5 heteroatoms. The van der Waals surface area contributed by atoms with E-state index >= 15 is 0 Å². The van der Waals surface area contributed by atoms with E-state index in [2.05, 4.69) is 60.0 Å². The molecule has 1 unspecified atom stereocenters. The van der Waals surface area contributed by atoms with Crippen LogP contribution in [0, 0.1) is 5.41 Å². The molecule has 2 aromatic carbocycles. The SMILES string of the molecule is CCN1CCC(CC)(CN2c3ccccc3Sc3ccc(Cl)cc32)C1.Cl. The lowest BCUT2D eigenvalue weighted by Gasteiger charge is -2.40. The minimum absolute atomic E-state index is 0. The third kappa shape index (κ3) is 3.60. The van der Waals surface area contributed by atoms with Crippen molar-refractivity contribution in [1.82, 2.24) is 4.90 Å². The van der Waals surface area contributed by atoms with Gasteiger partial charge in [0.2, 0.25) is 0 Å². The van der Waals surface area contributed by atoms with Crippen molar-refractivity contribution in [3.05, 3.63) is 47.5 Å². The van der Waals surface area contributed by atoms with E-state index in [9.17, 15) is 0 Å². The summed E-state index contributed by atoms with van der Waals surface area (Å²) >= 11 is 8.21. The fraction of sp³-hybridized carbons (Fsp3) is 0.429. The van der Waals surface area contributed by atoms with Crippen LogP contribution in [0.1, 0.15) is 26.7 Å². The van der Waals surface area contributed by atoms with E-state index in [-0.39, 0.29) is 12.4 Å². The molecule has 0 spiro atoms. The second-order valence-electron chi connectivity index (χ2n) is 7.24. The number of rotatable bonds is 4. The van der Waals surface area contributed by atoms with Gasteiger partial charge < -0.3 is 9.80 Å². The lowest BCUT2D eigenvalue weighted by molar-refractivity contribution is 0.261. The van der Waals surface area contributed by atoms with Gasteiger partial charge in [0, 0.05) is 33.3 Å². The molecule has 2 nitrogen and oxygen atoms in total. The Morgan fingerprint density at radius 2 is 1.85 bits per heavy atom. The van der Waals surface area contributed by atoms with Crippen LogP contribution in [0.15, 0.2) is 52.3 Å². The topological polar surface area (TPSA) is 6.48 Å². The Morgan fingerprint density at radius 1 is 1.08 bits per heavy atom. The van der Waals surface area contributed by atoms with Crippen molar-refractivity contribution < 1.29 is 0 Å². The van der Waals surface area contributed by atoms with Crippen LogP contribution in [-0.4, -0.2) is 31.1 Å². The third-order valence-electron chi connectivity index (χ3n) is 5.80. The summed E-state index contributed by atoms with van der Waals surface area (Å²) in [6.07, 6.45) is 2.49. The van der Waals surface area contributed by atoms with E-state index in [0.29, 0.717) is 5.41 Å². The van der Waals surface area contributed by atoms with Crippen LogP contribution in [0.25, 0.3) is 0 Å². The fourth-order valence-corrected chi connectivity index (χ4v) is 5.38. The molecule has 0 radical (unpaired) electrons. The van der Waals surface area contributed by atoms with Gasteiger partial charge in [-0.15, -0.1) is 12.4 Å². The van der Waals surface area contributed by atoms with Gasteiger partial charge in [-0.3, -0.25) is 0 Å². The van der Waals surface area contributed by atoms with Crippen LogP contribution in [0.3, 0.4) is 0 Å². The first-order valence-corrected chi connectivity index (χ1v) is 10.4. The van der Waals surface area contributed by atoms with Crippen LogP contribution in [0.5, 0.6) is 0 Å². The predicted octanol–water partition coefficient (Wildman–Crippen LogP) is 6.49. The van der Waals surface area contributed by atoms with Gasteiger partial charge in [0.1, 0.15) is 0 Å². The Morgan fingerprint density at radius 3 is 2.58 bits per heavy atom. The standard InChI is InChI=1S/C21H25ClN2S.ClH/c1-3-21(11-12-23(4-2)14-21)15-24-17-7-5-6-8-19(17)25-20-10-9-16(22)13-18(20)24;/h5-10,13H,3-4,11-12,14-15H2,1-2H3;1H. The highest BCUT2D eigenvalue weighted by molar-refractivity contribution is 7.99. The van der Waals surface area contributed by atoms with Crippen molar-refractivity contribution in [1.29, 1.82) is 0 Å². The number of para-hydroxylation sites is 1. The Hall–Kier alpha value is -0.870. The second-order valence-corrected chi connectivity index (χ2v) is 8.76. The molecule has 0 saturated carbocycles. The zero-order chi connectivity index (χ0) is 17.4. The van der Waals surface area contributed by atoms with Crippen molar-refractivity contribution in [3.63, 3.8) is 0 Å². The van der Waals surface area contributed by atoms with E-state index < -0.39 is 0 Å². The number of nitrogens with zero attached hydrogens (tertiary/aromatic N) is 2. The molecule has 2 heterocycles. The minimum Gasteiger partial charge on any atom is -0.339 e. The van der Waals surface area contributed by atoms with Crippen molar-refractivity contribution in [2.24, 2.45) is 5.41 Å². The molecule has 0 N–H and O–H groups in total. The largest absolute Gasteiger partial charge is 0.339 e. The highest BCUT2D eigenvalue weighted by Crippen LogP contribution is 2.50. The quantitative estimate of drug-likeness (QED) is 0.570. The average molecular weight is 409 g/mol. The Labute approximate surface area is 172 Å². The van der Waals surface area contributed by atoms with Gasteiger partial charge in [0.25, 0.3) is 0 Å². The van der Waals surface area contributed by atoms with Crippen LogP contribution >= 0.6 is 35.8 Å². The van der Waals surface area contributed by atoms with E-state index in [0.717, 1.165) is 18.1 Å². The second kappa shape index (κ2) is 8.02. The maximum absolute atomic E-state index is 6.36. The van der Waals surface area contributed by atoms with Crippen molar-refractivity contribution in [2.45, 2.75) is 36.5 Å². The van der Waals surface area contributed by atoms with E-state index in [4.69, 9.17) is 11.6 Å². The maximum Gasteiger partial charge on any atom is 0.0567 e. The predicted molar refractivity (Wildman–Crippen MR) is 116 cm³/mol. The maximum atomic E-state index is 6.36. The Bertz CT molecular complexity index is 782. The first-order valence-electron chi connectivity index (χ1n) is 9.20. The number of anilines is 2. The highest BCUT2D eigenvalue weighted by Gasteiger charge is 2.39. The average Bonchev–Trinajstić information content (AvgIpc) is 3.06. The molecule has 2 aromatic rings. The zero-order valence-corrected chi connectivity index (χ0v) is 17.8. The van der Waals surface area contributed by atoms with Gasteiger partial charge in [-0.2, -0.15) is 0 Å². The lowest BCUT2D eigenvalue weighted by Crippen LogP contribution is -2.38. The molecular weight excluding hydrogens is 383 g/mol. The smallest absolute Gasteiger partial charge is 0.0567 e. The monoisotopic (exact) mass is 408 g/mol. The molecule has 140 valence electrons. The minimum atomic E-state index is 0. The molecule has 1 fully saturated rings. The number of hydrogen-bond donors (Lipinski definition) is 0. The van der Waals surface area contributed by atoms with E-state index in [1.807, 2.05) is 17.8 Å². The molecule has 0 aromatic heterocycles. The summed E-state index contributed by atoms with van der Waals surface area (Å²) in [5.74, 6) is 0. The number of hydrogen-bond acceptors (Lipinski definition) is 3. The normalized spacial score (nSPS) is 21.9. The summed E-state index contributed by atoms with van der Waals surface area (Å²) in [6.45, 7) is 9.25. The highest BCUT2D eigenvalue weighted by atomic mass is 35.5. The molecule has 0 aliphatic carbocycles. The summed E-state index contributed by atoms with van der Waals surface area (Å²) < 4.78 is 0.